The largest absolute Gasteiger partial charge is 0.461 e. The Morgan fingerprint density at radius 2 is 1.70 bits per heavy atom. The number of alkyl halides is 3. The molecule has 1 N–H and O–H groups in total. The standard InChI is InChI=1S/C19H29Cl3N2O3/c1-3-27-19(26)17(24-23-16-9-8-14(21)10-15(16)22)11(2)18(25)12-4-6-13(20)7-5-12/h11-16,23H,3-10H2,1-2H3/b24-17-. The zero-order valence-corrected chi connectivity index (χ0v) is 18.2. The predicted molar refractivity (Wildman–Crippen MR) is 110 cm³/mol. The van der Waals surface area contributed by atoms with Gasteiger partial charge in [0.2, 0.25) is 0 Å². The van der Waals surface area contributed by atoms with Crippen molar-refractivity contribution in [2.75, 3.05) is 6.61 Å². The van der Waals surface area contributed by atoms with E-state index < -0.39 is 11.9 Å². The van der Waals surface area contributed by atoms with Crippen LogP contribution < -0.4 is 5.43 Å². The highest BCUT2D eigenvalue weighted by atomic mass is 35.5. The molecule has 4 atom stereocenters. The molecule has 0 bridgehead atoms. The fourth-order valence-corrected chi connectivity index (χ4v) is 4.77. The van der Waals surface area contributed by atoms with Crippen molar-refractivity contribution < 1.29 is 14.3 Å². The number of Topliss-reactive ketones (excluding diaryl/α,β-unsaturated/α-hetero) is 1. The average Bonchev–Trinajstić information content (AvgIpc) is 2.63. The summed E-state index contributed by atoms with van der Waals surface area (Å²) < 4.78 is 5.13. The van der Waals surface area contributed by atoms with Crippen LogP contribution in [0.25, 0.3) is 0 Å². The lowest BCUT2D eigenvalue weighted by Gasteiger charge is -2.30. The molecule has 0 aromatic carbocycles. The van der Waals surface area contributed by atoms with Gasteiger partial charge < -0.3 is 10.2 Å². The minimum atomic E-state index is -0.633. The number of nitrogens with zero attached hydrogens (tertiary/aromatic N) is 1. The maximum Gasteiger partial charge on any atom is 0.355 e. The van der Waals surface area contributed by atoms with Crippen molar-refractivity contribution in [3.63, 3.8) is 0 Å². The Balaban J connectivity index is 2.08. The van der Waals surface area contributed by atoms with E-state index in [1.807, 2.05) is 0 Å². The molecule has 0 radical (unpaired) electrons. The number of esters is 1. The number of hydrazone groups is 1. The normalized spacial score (nSPS) is 33.2. The Kier molecular flexibility index (Phi) is 9.17. The first-order chi connectivity index (χ1) is 12.8. The summed E-state index contributed by atoms with van der Waals surface area (Å²) in [5, 5.41) is 4.33. The third-order valence-corrected chi connectivity index (χ3v) is 6.76. The Morgan fingerprint density at radius 1 is 1.07 bits per heavy atom. The van der Waals surface area contributed by atoms with E-state index in [0.29, 0.717) is 6.42 Å². The number of ketones is 1. The molecular formula is C19H29Cl3N2O3. The summed E-state index contributed by atoms with van der Waals surface area (Å²) in [4.78, 5) is 25.3. The van der Waals surface area contributed by atoms with Crippen LogP contribution in [0.5, 0.6) is 0 Å². The Hall–Kier alpha value is -0.520. The summed E-state index contributed by atoms with van der Waals surface area (Å²) in [6, 6.07) is -0.0833. The highest BCUT2D eigenvalue weighted by molar-refractivity contribution is 6.41. The van der Waals surface area contributed by atoms with Crippen molar-refractivity contribution in [2.24, 2.45) is 16.9 Å². The lowest BCUT2D eigenvalue weighted by molar-refractivity contribution is -0.136. The van der Waals surface area contributed by atoms with Gasteiger partial charge in [-0.2, -0.15) is 5.10 Å². The van der Waals surface area contributed by atoms with Crippen LogP contribution in [0, 0.1) is 11.8 Å². The molecule has 4 unspecified atom stereocenters. The van der Waals surface area contributed by atoms with E-state index >= 15 is 0 Å². The van der Waals surface area contributed by atoms with Crippen LogP contribution >= 0.6 is 34.8 Å². The topological polar surface area (TPSA) is 67.8 Å². The van der Waals surface area contributed by atoms with Gasteiger partial charge in [0.25, 0.3) is 0 Å². The molecule has 8 heteroatoms. The monoisotopic (exact) mass is 438 g/mol. The molecule has 0 spiro atoms. The maximum atomic E-state index is 12.9. The van der Waals surface area contributed by atoms with Crippen LogP contribution in [0.2, 0.25) is 0 Å². The van der Waals surface area contributed by atoms with Gasteiger partial charge in [0.05, 0.1) is 23.9 Å². The Labute approximate surface area is 176 Å². The molecule has 2 fully saturated rings. The molecule has 2 aliphatic carbocycles. The molecule has 27 heavy (non-hydrogen) atoms. The van der Waals surface area contributed by atoms with E-state index in [9.17, 15) is 9.59 Å². The molecule has 0 amide bonds. The van der Waals surface area contributed by atoms with Gasteiger partial charge in [0.15, 0.2) is 5.71 Å². The summed E-state index contributed by atoms with van der Waals surface area (Å²) in [7, 11) is 0. The van der Waals surface area contributed by atoms with Crippen molar-refractivity contribution in [1.82, 2.24) is 5.43 Å². The smallest absolute Gasteiger partial charge is 0.355 e. The van der Waals surface area contributed by atoms with Crippen molar-refractivity contribution in [3.05, 3.63) is 0 Å². The number of hydrogen-bond donors (Lipinski definition) is 1. The lowest BCUT2D eigenvalue weighted by atomic mass is 9.80. The highest BCUT2D eigenvalue weighted by Crippen LogP contribution is 2.30. The van der Waals surface area contributed by atoms with E-state index in [2.05, 4.69) is 10.5 Å². The number of carbonyl (C=O) groups is 2. The first-order valence-corrected chi connectivity index (χ1v) is 11.1. The fraction of sp³-hybridized carbons (Fsp3) is 0.842. The van der Waals surface area contributed by atoms with Gasteiger partial charge in [0.1, 0.15) is 5.78 Å². The maximum absolute atomic E-state index is 12.9. The van der Waals surface area contributed by atoms with Crippen LogP contribution in [0.3, 0.4) is 0 Å². The SMILES string of the molecule is CCOC(=O)/C(=N\NC1CCC(Cl)CC1Cl)C(C)C(=O)C1CCC(Cl)CC1. The van der Waals surface area contributed by atoms with Gasteiger partial charge in [0, 0.05) is 16.7 Å². The summed E-state index contributed by atoms with van der Waals surface area (Å²) >= 11 is 18.6. The highest BCUT2D eigenvalue weighted by Gasteiger charge is 2.34. The summed E-state index contributed by atoms with van der Waals surface area (Å²) in [5.74, 6) is -1.25. The van der Waals surface area contributed by atoms with Crippen LogP contribution in [0.1, 0.15) is 58.8 Å². The number of ether oxygens (including phenoxy) is 1. The molecule has 0 heterocycles. The van der Waals surface area contributed by atoms with Gasteiger partial charge in [-0.1, -0.05) is 0 Å². The molecule has 5 nitrogen and oxygen atoms in total. The summed E-state index contributed by atoms with van der Waals surface area (Å²) in [6.45, 7) is 3.68. The average molecular weight is 440 g/mol. The van der Waals surface area contributed by atoms with Gasteiger partial charge in [-0.05, 0) is 58.8 Å². The minimum Gasteiger partial charge on any atom is -0.461 e. The van der Waals surface area contributed by atoms with Crippen molar-refractivity contribution in [2.45, 2.75) is 81.0 Å². The fourth-order valence-electron chi connectivity index (χ4n) is 3.72. The van der Waals surface area contributed by atoms with Crippen molar-refractivity contribution in [3.8, 4) is 0 Å². The van der Waals surface area contributed by atoms with E-state index in [0.717, 1.165) is 38.5 Å². The van der Waals surface area contributed by atoms with Gasteiger partial charge in [-0.15, -0.1) is 34.8 Å². The Morgan fingerprint density at radius 3 is 2.30 bits per heavy atom. The van der Waals surface area contributed by atoms with Gasteiger partial charge in [-0.3, -0.25) is 4.79 Å². The minimum absolute atomic E-state index is 0.0269. The first kappa shape index (κ1) is 22.8. The Bertz CT molecular complexity index is 550. The van der Waals surface area contributed by atoms with E-state index in [1.165, 1.54) is 0 Å². The summed E-state index contributed by atoms with van der Waals surface area (Å²) in [5.41, 5.74) is 3.12. The third-order valence-electron chi connectivity index (χ3n) is 5.44. The van der Waals surface area contributed by atoms with Crippen molar-refractivity contribution in [1.29, 1.82) is 0 Å². The zero-order valence-electron chi connectivity index (χ0n) is 15.9. The van der Waals surface area contributed by atoms with Gasteiger partial charge in [-0.25, -0.2) is 4.79 Å². The molecule has 2 rings (SSSR count). The number of nitrogens with one attached hydrogen (secondary N) is 1. The van der Waals surface area contributed by atoms with Crippen LogP contribution in [0.4, 0.5) is 0 Å². The summed E-state index contributed by atoms with van der Waals surface area (Å²) in [6.07, 6.45) is 5.44. The number of carbonyl (C=O) groups excluding carboxylic acids is 2. The molecule has 0 aliphatic heterocycles. The van der Waals surface area contributed by atoms with E-state index in [1.54, 1.807) is 13.8 Å². The predicted octanol–water partition coefficient (Wildman–Crippen LogP) is 4.27. The molecule has 2 saturated carbocycles. The number of hydrogen-bond acceptors (Lipinski definition) is 5. The second kappa shape index (κ2) is 10.9. The molecule has 154 valence electrons. The second-order valence-electron chi connectivity index (χ2n) is 7.45. The van der Waals surface area contributed by atoms with Crippen molar-refractivity contribution >= 4 is 52.3 Å². The number of halogens is 3. The van der Waals surface area contributed by atoms with E-state index in [4.69, 9.17) is 39.5 Å². The quantitative estimate of drug-likeness (QED) is 0.278. The number of rotatable bonds is 7. The molecule has 0 saturated heterocycles. The second-order valence-corrected chi connectivity index (χ2v) is 9.25. The van der Waals surface area contributed by atoms with Crippen LogP contribution in [-0.4, -0.2) is 46.2 Å². The third kappa shape index (κ3) is 6.50. The lowest BCUT2D eigenvalue weighted by Crippen LogP contribution is -2.42. The van der Waals surface area contributed by atoms with Gasteiger partial charge >= 0.3 is 5.97 Å². The first-order valence-electron chi connectivity index (χ1n) is 9.79. The molecule has 0 aromatic heterocycles. The molecule has 0 aromatic rings. The van der Waals surface area contributed by atoms with Crippen LogP contribution in [-0.2, 0) is 14.3 Å². The van der Waals surface area contributed by atoms with Crippen LogP contribution in [0.15, 0.2) is 5.10 Å². The molecular weight excluding hydrogens is 411 g/mol. The zero-order chi connectivity index (χ0) is 20.0. The van der Waals surface area contributed by atoms with E-state index in [-0.39, 0.29) is 46.2 Å². The molecule has 2 aliphatic rings.